The van der Waals surface area contributed by atoms with E-state index in [1.54, 1.807) is 12.3 Å². The van der Waals surface area contributed by atoms with Crippen LogP contribution in [0.5, 0.6) is 0 Å². The Morgan fingerprint density at radius 3 is 2.25 bits per heavy atom. The van der Waals surface area contributed by atoms with Crippen LogP contribution in [0.25, 0.3) is 10.9 Å². The van der Waals surface area contributed by atoms with Crippen molar-refractivity contribution in [2.75, 3.05) is 34.2 Å². The van der Waals surface area contributed by atoms with Crippen molar-refractivity contribution in [2.45, 2.75) is 11.4 Å². The molecule has 0 aliphatic carbocycles. The van der Waals surface area contributed by atoms with Crippen molar-refractivity contribution in [1.29, 1.82) is 0 Å². The fraction of sp³-hybridized carbons (Fsp3) is 0.300. The van der Waals surface area contributed by atoms with E-state index in [9.17, 15) is 12.8 Å². The summed E-state index contributed by atoms with van der Waals surface area (Å²) >= 11 is 0. The van der Waals surface area contributed by atoms with Crippen LogP contribution in [-0.2, 0) is 16.6 Å². The maximum absolute atomic E-state index is 13.2. The number of fused-ring (bicyclic) bond motifs is 1. The Balaban J connectivity index is 0.00000280. The van der Waals surface area contributed by atoms with Gasteiger partial charge in [0, 0.05) is 31.2 Å². The molecule has 28 heavy (non-hydrogen) atoms. The van der Waals surface area contributed by atoms with E-state index in [2.05, 4.69) is 9.80 Å². The van der Waals surface area contributed by atoms with Gasteiger partial charge in [0.15, 0.2) is 0 Å². The molecule has 2 aromatic carbocycles. The minimum Gasteiger partial charge on any atom is -0.308 e. The molecule has 1 aromatic heterocycles. The number of nitrogens with zero attached hydrogens (tertiary/aromatic N) is 3. The van der Waals surface area contributed by atoms with Crippen molar-refractivity contribution < 1.29 is 12.8 Å². The molecule has 0 fully saturated rings. The average molecular weight is 426 g/mol. The molecule has 0 aliphatic heterocycles. The van der Waals surface area contributed by atoms with Crippen LogP contribution >= 0.6 is 12.4 Å². The van der Waals surface area contributed by atoms with Crippen molar-refractivity contribution in [3.63, 3.8) is 0 Å². The zero-order valence-electron chi connectivity index (χ0n) is 16.2. The molecule has 152 valence electrons. The van der Waals surface area contributed by atoms with Crippen LogP contribution < -0.4 is 0 Å². The van der Waals surface area contributed by atoms with E-state index >= 15 is 0 Å². The van der Waals surface area contributed by atoms with Gasteiger partial charge in [0.05, 0.1) is 10.4 Å². The van der Waals surface area contributed by atoms with Gasteiger partial charge in [-0.15, -0.1) is 12.4 Å². The molecule has 0 aliphatic rings. The van der Waals surface area contributed by atoms with Crippen LogP contribution in [-0.4, -0.2) is 56.4 Å². The molecule has 0 unspecified atom stereocenters. The number of aromatic nitrogens is 1. The van der Waals surface area contributed by atoms with Gasteiger partial charge < -0.3 is 9.80 Å². The number of hydrogen-bond acceptors (Lipinski definition) is 4. The largest absolute Gasteiger partial charge is 0.308 e. The van der Waals surface area contributed by atoms with Gasteiger partial charge in [0.2, 0.25) is 0 Å². The Kier molecular flexibility index (Phi) is 7.22. The SMILES string of the molecule is CN(C)CCN(C)Cc1cn(S(=O)(=O)c2ccc(F)cc2)c2ccccc12.Cl. The predicted molar refractivity (Wildman–Crippen MR) is 113 cm³/mol. The number of para-hydroxylation sites is 1. The molecule has 0 bridgehead atoms. The highest BCUT2D eigenvalue weighted by Gasteiger charge is 2.21. The Morgan fingerprint density at radius 1 is 0.964 bits per heavy atom. The molecule has 0 saturated carbocycles. The Labute approximate surface area is 171 Å². The maximum Gasteiger partial charge on any atom is 0.268 e. The lowest BCUT2D eigenvalue weighted by atomic mass is 10.1. The second-order valence-corrected chi connectivity index (χ2v) is 8.78. The molecule has 3 rings (SSSR count). The van der Waals surface area contributed by atoms with E-state index < -0.39 is 15.8 Å². The van der Waals surface area contributed by atoms with E-state index in [1.807, 2.05) is 39.3 Å². The number of hydrogen-bond donors (Lipinski definition) is 0. The van der Waals surface area contributed by atoms with Crippen LogP contribution in [0, 0.1) is 5.82 Å². The summed E-state index contributed by atoms with van der Waals surface area (Å²) in [6.07, 6.45) is 1.68. The zero-order chi connectivity index (χ0) is 19.6. The molecule has 0 radical (unpaired) electrons. The first-order chi connectivity index (χ1) is 12.8. The van der Waals surface area contributed by atoms with Crippen molar-refractivity contribution in [1.82, 2.24) is 13.8 Å². The fourth-order valence-corrected chi connectivity index (χ4v) is 4.39. The molecular weight excluding hydrogens is 401 g/mol. The number of benzene rings is 2. The third-order valence-corrected chi connectivity index (χ3v) is 6.19. The standard InChI is InChI=1S/C20H24FN3O2S.ClH/c1-22(2)12-13-23(3)14-16-15-24(20-7-5-4-6-19(16)20)27(25,26)18-10-8-17(21)9-11-18;/h4-11,15H,12-14H2,1-3H3;1H. The fourth-order valence-electron chi connectivity index (χ4n) is 3.00. The molecule has 1 heterocycles. The molecule has 8 heteroatoms. The lowest BCUT2D eigenvalue weighted by Gasteiger charge is -2.18. The number of halogens is 2. The normalized spacial score (nSPS) is 11.9. The minimum absolute atomic E-state index is 0. The van der Waals surface area contributed by atoms with E-state index in [0.29, 0.717) is 12.1 Å². The first kappa shape index (κ1) is 22.4. The molecule has 0 atom stereocenters. The highest BCUT2D eigenvalue weighted by Crippen LogP contribution is 2.26. The summed E-state index contributed by atoms with van der Waals surface area (Å²) < 4.78 is 40.7. The van der Waals surface area contributed by atoms with Crippen molar-refractivity contribution in [3.05, 3.63) is 66.1 Å². The van der Waals surface area contributed by atoms with Crippen molar-refractivity contribution in [3.8, 4) is 0 Å². The van der Waals surface area contributed by atoms with E-state index in [-0.39, 0.29) is 17.3 Å². The Hall–Kier alpha value is -1.93. The Bertz CT molecular complexity index is 1030. The second-order valence-electron chi connectivity index (χ2n) is 6.97. The van der Waals surface area contributed by atoms with Crippen molar-refractivity contribution >= 4 is 33.3 Å². The average Bonchev–Trinajstić information content (AvgIpc) is 3.00. The highest BCUT2D eigenvalue weighted by molar-refractivity contribution is 7.90. The Morgan fingerprint density at radius 2 is 1.61 bits per heavy atom. The van der Waals surface area contributed by atoms with Crippen molar-refractivity contribution in [2.24, 2.45) is 0 Å². The van der Waals surface area contributed by atoms with Gasteiger partial charge >= 0.3 is 0 Å². The predicted octanol–water partition coefficient (Wildman–Crippen LogP) is 3.43. The maximum atomic E-state index is 13.2. The highest BCUT2D eigenvalue weighted by atomic mass is 35.5. The molecule has 3 aromatic rings. The third-order valence-electron chi connectivity index (χ3n) is 4.50. The van der Waals surface area contributed by atoms with Gasteiger partial charge in [-0.3, -0.25) is 0 Å². The minimum atomic E-state index is -3.80. The van der Waals surface area contributed by atoms with Crippen LogP contribution in [0.15, 0.2) is 59.6 Å². The van der Waals surface area contributed by atoms with E-state index in [1.165, 1.54) is 16.1 Å². The van der Waals surface area contributed by atoms with Gasteiger partial charge in [-0.05, 0) is 57.0 Å². The van der Waals surface area contributed by atoms with Crippen LogP contribution in [0.3, 0.4) is 0 Å². The summed E-state index contributed by atoms with van der Waals surface area (Å²) in [5, 5.41) is 0.903. The lowest BCUT2D eigenvalue weighted by Crippen LogP contribution is -2.28. The van der Waals surface area contributed by atoms with Crippen LogP contribution in [0.4, 0.5) is 4.39 Å². The van der Waals surface area contributed by atoms with Gasteiger partial charge in [0.1, 0.15) is 5.82 Å². The molecule has 0 spiro atoms. The van der Waals surface area contributed by atoms with E-state index in [0.717, 1.165) is 36.2 Å². The summed E-state index contributed by atoms with van der Waals surface area (Å²) in [4.78, 5) is 4.34. The van der Waals surface area contributed by atoms with Crippen LogP contribution in [0.1, 0.15) is 5.56 Å². The molecule has 0 N–H and O–H groups in total. The van der Waals surface area contributed by atoms with E-state index in [4.69, 9.17) is 0 Å². The summed E-state index contributed by atoms with van der Waals surface area (Å²) in [6.45, 7) is 2.43. The van der Waals surface area contributed by atoms with Gasteiger partial charge in [-0.25, -0.2) is 16.8 Å². The zero-order valence-corrected chi connectivity index (χ0v) is 17.8. The lowest BCUT2D eigenvalue weighted by molar-refractivity contribution is 0.277. The number of likely N-dealkylation sites (N-methyl/N-ethyl adjacent to an activating group) is 2. The second kappa shape index (κ2) is 9.05. The quantitative estimate of drug-likeness (QED) is 0.581. The molecular formula is C20H25ClFN3O2S. The number of rotatable bonds is 7. The monoisotopic (exact) mass is 425 g/mol. The van der Waals surface area contributed by atoms with Crippen LogP contribution in [0.2, 0.25) is 0 Å². The van der Waals surface area contributed by atoms with Gasteiger partial charge in [-0.2, -0.15) is 0 Å². The van der Waals surface area contributed by atoms with Gasteiger partial charge in [-0.1, -0.05) is 18.2 Å². The summed E-state index contributed by atoms with van der Waals surface area (Å²) in [5.74, 6) is -0.463. The van der Waals surface area contributed by atoms with Gasteiger partial charge in [0.25, 0.3) is 10.0 Å². The summed E-state index contributed by atoms with van der Waals surface area (Å²) in [7, 11) is 2.26. The first-order valence-electron chi connectivity index (χ1n) is 8.72. The molecule has 0 saturated heterocycles. The molecule has 0 amide bonds. The topological polar surface area (TPSA) is 45.5 Å². The smallest absolute Gasteiger partial charge is 0.268 e. The third kappa shape index (κ3) is 4.72. The molecule has 5 nitrogen and oxygen atoms in total. The summed E-state index contributed by atoms with van der Waals surface area (Å²) in [5.41, 5.74) is 1.57. The first-order valence-corrected chi connectivity index (χ1v) is 10.2. The summed E-state index contributed by atoms with van der Waals surface area (Å²) in [6, 6.07) is 12.4.